The van der Waals surface area contributed by atoms with Crippen LogP contribution in [0.1, 0.15) is 74.3 Å². The van der Waals surface area contributed by atoms with E-state index in [2.05, 4.69) is 47.4 Å². The number of aromatic nitrogens is 6. The summed E-state index contributed by atoms with van der Waals surface area (Å²) in [6.07, 6.45) is 10.0. The summed E-state index contributed by atoms with van der Waals surface area (Å²) in [7, 11) is -1.00. The molecule has 21 heteroatoms. The van der Waals surface area contributed by atoms with Gasteiger partial charge in [0, 0.05) is 124 Å². The predicted molar refractivity (Wildman–Crippen MR) is 291 cm³/mol. The summed E-state index contributed by atoms with van der Waals surface area (Å²) in [6.45, 7) is 0.188. The summed E-state index contributed by atoms with van der Waals surface area (Å²) in [6, 6.07) is 27.3. The van der Waals surface area contributed by atoms with Crippen LogP contribution in [0.2, 0.25) is 20.1 Å². The van der Waals surface area contributed by atoms with Gasteiger partial charge in [0.25, 0.3) is 5.91 Å². The van der Waals surface area contributed by atoms with Crippen LogP contribution < -0.4 is 11.1 Å². The van der Waals surface area contributed by atoms with Crippen LogP contribution in [0.5, 0.6) is 0 Å². The average molecular weight is 1110 g/mol. The molecule has 0 bridgehead atoms. The molecular weight excluding hydrogens is 1070 g/mol. The highest BCUT2D eigenvalue weighted by molar-refractivity contribution is 6.36. The highest BCUT2D eigenvalue weighted by Crippen LogP contribution is 2.28. The molecule has 6 heterocycles. The van der Waals surface area contributed by atoms with Gasteiger partial charge in [-0.15, -0.1) is 12.4 Å². The van der Waals surface area contributed by atoms with Crippen LogP contribution in [0.25, 0.3) is 43.6 Å². The Kier molecular flexibility index (Phi) is 19.9. The number of carboxylic acid groups (broad SMARTS) is 1. The maximum atomic E-state index is 14.4. The van der Waals surface area contributed by atoms with Crippen molar-refractivity contribution in [2.45, 2.75) is 33.4 Å². The number of pyridine rings is 4. The van der Waals surface area contributed by atoms with E-state index < -0.39 is 18.9 Å². The number of nitrogens with zero attached hydrogens (tertiary/aromatic N) is 6. The fourth-order valence-electron chi connectivity index (χ4n) is 7.66. The van der Waals surface area contributed by atoms with Gasteiger partial charge < -0.3 is 26.1 Å². The number of nitriles is 2. The zero-order valence-corrected chi connectivity index (χ0v) is 42.0. The first-order chi connectivity index (χ1) is 35.6. The number of H-pyrrole nitrogens is 2. The number of aromatic amines is 2. The number of halogens is 8. The number of aromatic carboxylic acids is 1. The molecular formula is C54H42Cl5F3N10O3. The monoisotopic (exact) mass is 1110 g/mol. The minimum atomic E-state index is -1.00. The van der Waals surface area contributed by atoms with Gasteiger partial charge in [0.05, 0.1) is 56.3 Å². The smallest absolute Gasteiger partial charge is 0.335 e. The lowest BCUT2D eigenvalue weighted by Gasteiger charge is -2.09. The van der Waals surface area contributed by atoms with E-state index in [0.29, 0.717) is 99.6 Å². The second-order valence-corrected chi connectivity index (χ2v) is 17.5. The molecule has 0 aliphatic carbocycles. The number of rotatable bonds is 9. The number of nitrogens with one attached hydrogen (secondary N) is 3. The molecule has 1 amide bonds. The van der Waals surface area contributed by atoms with Crippen molar-refractivity contribution in [3.8, 4) is 12.1 Å². The third-order valence-electron chi connectivity index (χ3n) is 11.0. The van der Waals surface area contributed by atoms with E-state index in [1.807, 2.05) is 12.1 Å². The third kappa shape index (κ3) is 14.1. The lowest BCUT2D eigenvalue weighted by atomic mass is 10.0. The quantitative estimate of drug-likeness (QED) is 0.0919. The van der Waals surface area contributed by atoms with Crippen molar-refractivity contribution in [2.24, 2.45) is 5.73 Å². The fraction of sp³-hybridized carbons (Fsp3) is 0.111. The van der Waals surface area contributed by atoms with Crippen molar-refractivity contribution in [2.75, 3.05) is 7.15 Å². The molecule has 75 heavy (non-hydrogen) atoms. The van der Waals surface area contributed by atoms with Gasteiger partial charge in [0.15, 0.2) is 0 Å². The van der Waals surface area contributed by atoms with E-state index in [1.165, 1.54) is 42.9 Å². The Bertz CT molecular complexity index is 3830. The molecule has 0 aliphatic heterocycles. The number of carbonyl (C=O) groups is 2. The van der Waals surface area contributed by atoms with Gasteiger partial charge in [0.1, 0.15) is 23.8 Å². The highest BCUT2D eigenvalue weighted by Gasteiger charge is 2.15. The molecule has 0 saturated heterocycles. The fourth-order valence-corrected chi connectivity index (χ4v) is 8.42. The first-order valence-corrected chi connectivity index (χ1v) is 23.0. The number of alkyl halides is 1. The number of amides is 1. The summed E-state index contributed by atoms with van der Waals surface area (Å²) in [5, 5.41) is 35.6. The summed E-state index contributed by atoms with van der Waals surface area (Å²) < 4.78 is 43.1. The van der Waals surface area contributed by atoms with Crippen LogP contribution in [-0.2, 0) is 25.9 Å². The van der Waals surface area contributed by atoms with Gasteiger partial charge >= 0.3 is 5.97 Å². The lowest BCUT2D eigenvalue weighted by molar-refractivity contribution is 0.0696. The summed E-state index contributed by atoms with van der Waals surface area (Å²) >= 11 is 24.0. The van der Waals surface area contributed by atoms with Gasteiger partial charge in [-0.1, -0.05) is 53.8 Å². The van der Waals surface area contributed by atoms with Crippen LogP contribution in [0.4, 0.5) is 13.2 Å². The highest BCUT2D eigenvalue weighted by atomic mass is 35.5. The number of carboxylic acids is 1. The van der Waals surface area contributed by atoms with Crippen LogP contribution in [0.3, 0.4) is 0 Å². The minimum Gasteiger partial charge on any atom is -0.478 e. The normalized spacial score (nSPS) is 10.5. The Labute approximate surface area is 454 Å². The number of hydrogen-bond donors (Lipinski definition) is 5. The molecule has 0 spiro atoms. The molecule has 13 nitrogen and oxygen atoms in total. The second-order valence-electron chi connectivity index (χ2n) is 15.8. The van der Waals surface area contributed by atoms with Crippen molar-refractivity contribution in [3.05, 3.63) is 210 Å². The Morgan fingerprint density at radius 2 is 1.16 bits per heavy atom. The van der Waals surface area contributed by atoms with Crippen LogP contribution in [-0.4, -0.2) is 54.0 Å². The Morgan fingerprint density at radius 1 is 0.707 bits per heavy atom. The molecule has 0 fully saturated rings. The number of hydrogen-bond acceptors (Lipinski definition) is 9. The van der Waals surface area contributed by atoms with Gasteiger partial charge in [-0.25, -0.2) is 13.6 Å². The Morgan fingerprint density at radius 3 is 1.63 bits per heavy atom. The maximum absolute atomic E-state index is 14.4. The maximum Gasteiger partial charge on any atom is 0.335 e. The molecule has 6 aromatic heterocycles. The Balaban J connectivity index is 0.000000223. The molecule has 4 aromatic carbocycles. The molecule has 0 atom stereocenters. The van der Waals surface area contributed by atoms with Gasteiger partial charge in [-0.05, 0) is 96.1 Å². The van der Waals surface area contributed by atoms with E-state index >= 15 is 0 Å². The first-order valence-electron chi connectivity index (χ1n) is 22.2. The SMILES string of the molecule is C.Cl.N#Cc1cc(Cc2cc(C(=O)NCc3cc4c(Cl)c[nH]c4cc3F)ccn2)cc2cc(Cl)cnc12.N#Cc1cc(Cc2cc(C(=O)O)ccn2)cc2cc(Cl)cnc12.NCc1cc2c(Cl)c[nH]c2cc1F.[2H]CF. The third-order valence-corrected chi connectivity index (χ3v) is 12.1. The van der Waals surface area contributed by atoms with Crippen LogP contribution in [0, 0.1) is 34.3 Å². The van der Waals surface area contributed by atoms with E-state index in [1.54, 1.807) is 67.1 Å². The minimum absolute atomic E-state index is 0. The van der Waals surface area contributed by atoms with Crippen LogP contribution in [0.15, 0.2) is 122 Å². The summed E-state index contributed by atoms with van der Waals surface area (Å²) in [5.41, 5.74) is 13.0. The van der Waals surface area contributed by atoms with Gasteiger partial charge in [-0.3, -0.25) is 29.1 Å². The van der Waals surface area contributed by atoms with Crippen molar-refractivity contribution >= 4 is 114 Å². The molecule has 0 aliphatic rings. The molecule has 382 valence electrons. The standard InChI is InChI=1S/C26H16Cl2FN5O.C17H10ClN3O2.C9H8ClFN2.CH3F.CH4.ClH/c27-19-6-16-3-14(4-17(10-30)25(16)33-12-19)5-20-7-15(1-2-31-20)26(35)34-11-18-8-21-22(28)13-32-24(21)9-23(18)29;18-14-6-12-3-10(4-13(8-19)16(12)21-9-14)5-15-7-11(17(22)23)1-2-20-15;10-7-4-13-9-2-8(11)5(3-12)1-6(7)9;1-2;;/h1-4,6-9,12-13,32H,5,11H2,(H,34,35);1-4,6-7,9H,5H2,(H,22,23);1-2,4,13H,3,12H2;1H3;1H4;1H/i;;;1D;;. The summed E-state index contributed by atoms with van der Waals surface area (Å²) in [4.78, 5) is 46.5. The largest absolute Gasteiger partial charge is 0.478 e. The topological polar surface area (TPSA) is 223 Å². The number of benzene rings is 4. The van der Waals surface area contributed by atoms with Crippen molar-refractivity contribution < 1.29 is 29.2 Å². The predicted octanol–water partition coefficient (Wildman–Crippen LogP) is 13.5. The zero-order chi connectivity index (χ0) is 53.1. The Hall–Kier alpha value is -7.80. The molecule has 0 saturated carbocycles. The lowest BCUT2D eigenvalue weighted by Crippen LogP contribution is -2.23. The molecule has 10 aromatic rings. The molecule has 0 radical (unpaired) electrons. The molecule has 0 unspecified atom stereocenters. The van der Waals surface area contributed by atoms with E-state index in [-0.39, 0.29) is 50.2 Å². The van der Waals surface area contributed by atoms with E-state index in [9.17, 15) is 33.3 Å². The van der Waals surface area contributed by atoms with Crippen molar-refractivity contribution in [1.29, 1.82) is 10.5 Å². The first kappa shape index (κ1) is 56.5. The van der Waals surface area contributed by atoms with Crippen molar-refractivity contribution in [3.63, 3.8) is 0 Å². The zero-order valence-electron chi connectivity index (χ0n) is 39.2. The number of fused-ring (bicyclic) bond motifs is 4. The average Bonchev–Trinajstić information content (AvgIpc) is 3.93. The van der Waals surface area contributed by atoms with Crippen LogP contribution >= 0.6 is 58.8 Å². The van der Waals surface area contributed by atoms with E-state index in [0.717, 1.165) is 27.3 Å². The van der Waals surface area contributed by atoms with E-state index in [4.69, 9.17) is 58.6 Å². The van der Waals surface area contributed by atoms with Crippen molar-refractivity contribution in [1.82, 2.24) is 35.2 Å². The number of nitrogens with two attached hydrogens (primary N) is 1. The van der Waals surface area contributed by atoms with Gasteiger partial charge in [-0.2, -0.15) is 10.5 Å². The number of carbonyl (C=O) groups excluding carboxylic acids is 1. The second kappa shape index (κ2) is 26.4. The molecule has 6 N–H and O–H groups in total. The summed E-state index contributed by atoms with van der Waals surface area (Å²) in [5.74, 6) is -2.10. The van der Waals surface area contributed by atoms with Gasteiger partial charge in [0.2, 0.25) is 0 Å². The molecule has 10 rings (SSSR count).